The van der Waals surface area contributed by atoms with Gasteiger partial charge in [-0.25, -0.2) is 9.79 Å². The minimum Gasteiger partial charge on any atom is -0.461 e. The summed E-state index contributed by atoms with van der Waals surface area (Å²) < 4.78 is 5.33. The number of hydrogen-bond acceptors (Lipinski definition) is 4. The zero-order chi connectivity index (χ0) is 14.3. The highest BCUT2D eigenvalue weighted by Crippen LogP contribution is 2.34. The molecule has 0 aliphatic carbocycles. The predicted octanol–water partition coefficient (Wildman–Crippen LogP) is 3.30. The van der Waals surface area contributed by atoms with Crippen LogP contribution < -0.4 is 0 Å². The van der Waals surface area contributed by atoms with Gasteiger partial charge in [-0.3, -0.25) is 0 Å². The van der Waals surface area contributed by atoms with Crippen molar-refractivity contribution < 1.29 is 9.53 Å². The highest BCUT2D eigenvalue weighted by Gasteiger charge is 2.38. The van der Waals surface area contributed by atoms with Crippen LogP contribution in [0.1, 0.15) is 32.3 Å². The molecular weight excluding hydrogens is 276 g/mol. The van der Waals surface area contributed by atoms with Gasteiger partial charge >= 0.3 is 5.97 Å². The number of rotatable bonds is 2. The third-order valence-electron chi connectivity index (χ3n) is 3.60. The van der Waals surface area contributed by atoms with Crippen LogP contribution in [0, 0.1) is 0 Å². The molecule has 0 aromatic heterocycles. The molecule has 4 nitrogen and oxygen atoms in total. The van der Waals surface area contributed by atoms with Crippen LogP contribution in [0.25, 0.3) is 0 Å². The Hall–Kier alpha value is -1.55. The van der Waals surface area contributed by atoms with Crippen LogP contribution in [0.5, 0.6) is 0 Å². The van der Waals surface area contributed by atoms with E-state index in [1.54, 1.807) is 0 Å². The summed E-state index contributed by atoms with van der Waals surface area (Å²) in [5, 5.41) is 0.697. The second-order valence-electron chi connectivity index (χ2n) is 5.47. The number of carbonyl (C=O) groups excluding carboxylic acids is 1. The maximum Gasteiger partial charge on any atom is 0.329 e. The number of benzene rings is 1. The molecule has 1 atom stereocenters. The lowest BCUT2D eigenvalue weighted by atomic mass is 10.1. The Morgan fingerprint density at radius 1 is 1.50 bits per heavy atom. The van der Waals surface area contributed by atoms with Gasteiger partial charge in [0.05, 0.1) is 11.8 Å². The van der Waals surface area contributed by atoms with E-state index in [4.69, 9.17) is 16.3 Å². The highest BCUT2D eigenvalue weighted by molar-refractivity contribution is 6.30. The van der Waals surface area contributed by atoms with Crippen LogP contribution >= 0.6 is 11.6 Å². The van der Waals surface area contributed by atoms with Gasteiger partial charge in [-0.05, 0) is 44.0 Å². The summed E-state index contributed by atoms with van der Waals surface area (Å²) in [5.74, 6) is 0.821. The van der Waals surface area contributed by atoms with Crippen molar-refractivity contribution in [1.82, 2.24) is 4.90 Å². The molecule has 0 radical (unpaired) electrons. The van der Waals surface area contributed by atoms with Gasteiger partial charge in [-0.1, -0.05) is 11.6 Å². The van der Waals surface area contributed by atoms with Gasteiger partial charge in [0.1, 0.15) is 11.9 Å². The van der Waals surface area contributed by atoms with Crippen molar-refractivity contribution in [2.45, 2.75) is 45.4 Å². The molecule has 2 aliphatic rings. The second kappa shape index (κ2) is 5.09. The summed E-state index contributed by atoms with van der Waals surface area (Å²) in [5.41, 5.74) is 2.02. The Morgan fingerprint density at radius 3 is 3.05 bits per heavy atom. The number of amidine groups is 1. The van der Waals surface area contributed by atoms with Crippen LogP contribution in [0.4, 0.5) is 5.69 Å². The predicted molar refractivity (Wildman–Crippen MR) is 78.3 cm³/mol. The maximum absolute atomic E-state index is 12.1. The fraction of sp³-hybridized carbons (Fsp3) is 0.467. The second-order valence-corrected chi connectivity index (χ2v) is 5.91. The van der Waals surface area contributed by atoms with Crippen LogP contribution in [-0.4, -0.2) is 28.9 Å². The molecule has 0 spiro atoms. The normalized spacial score (nSPS) is 20.5. The van der Waals surface area contributed by atoms with E-state index < -0.39 is 0 Å². The molecular formula is C15H17ClN2O2. The lowest BCUT2D eigenvalue weighted by Crippen LogP contribution is -2.40. The third-order valence-corrected chi connectivity index (χ3v) is 3.84. The Balaban J connectivity index is 1.85. The van der Waals surface area contributed by atoms with E-state index in [0.717, 1.165) is 29.9 Å². The topological polar surface area (TPSA) is 41.9 Å². The molecule has 1 aromatic carbocycles. The smallest absolute Gasteiger partial charge is 0.329 e. The van der Waals surface area contributed by atoms with Gasteiger partial charge in [0.15, 0.2) is 0 Å². The summed E-state index contributed by atoms with van der Waals surface area (Å²) in [4.78, 5) is 18.8. The number of fused-ring (bicyclic) bond motifs is 2. The molecule has 0 N–H and O–H groups in total. The molecule has 1 fully saturated rings. The van der Waals surface area contributed by atoms with Crippen molar-refractivity contribution in [3.05, 3.63) is 28.8 Å². The Bertz CT molecular complexity index is 583. The van der Waals surface area contributed by atoms with Gasteiger partial charge < -0.3 is 9.64 Å². The van der Waals surface area contributed by atoms with Crippen molar-refractivity contribution in [2.75, 3.05) is 0 Å². The molecule has 106 valence electrons. The average molecular weight is 293 g/mol. The molecule has 20 heavy (non-hydrogen) atoms. The van der Waals surface area contributed by atoms with E-state index in [1.807, 2.05) is 36.9 Å². The van der Waals surface area contributed by atoms with Crippen LogP contribution in [0.2, 0.25) is 5.02 Å². The van der Waals surface area contributed by atoms with E-state index in [2.05, 4.69) is 4.99 Å². The van der Waals surface area contributed by atoms with E-state index in [0.29, 0.717) is 11.6 Å². The summed E-state index contributed by atoms with van der Waals surface area (Å²) in [6, 6.07) is 5.48. The molecule has 1 aromatic rings. The number of esters is 1. The molecule has 5 heteroatoms. The fourth-order valence-electron chi connectivity index (χ4n) is 2.74. The summed E-state index contributed by atoms with van der Waals surface area (Å²) in [7, 11) is 0. The first-order chi connectivity index (χ1) is 9.54. The van der Waals surface area contributed by atoms with Crippen molar-refractivity contribution >= 4 is 29.1 Å². The maximum atomic E-state index is 12.1. The van der Waals surface area contributed by atoms with Crippen LogP contribution in [0.3, 0.4) is 0 Å². The minimum atomic E-state index is -0.219. The van der Waals surface area contributed by atoms with Gasteiger partial charge in [-0.15, -0.1) is 0 Å². The largest absolute Gasteiger partial charge is 0.461 e. The zero-order valence-corrected chi connectivity index (χ0v) is 12.4. The molecule has 0 bridgehead atoms. The first-order valence-corrected chi connectivity index (χ1v) is 7.25. The fourth-order valence-corrected chi connectivity index (χ4v) is 2.93. The standard InChI is InChI=1S/C15H17ClN2O2/c1-9(2)20-15(19)13-5-6-14-17-12-4-3-11(16)7-10(12)8-18(13)14/h3-4,7,9,13H,5-6,8H2,1-2H3/t13-/m1/s1. The van der Waals surface area contributed by atoms with Gasteiger partial charge in [0, 0.05) is 18.0 Å². The molecule has 0 amide bonds. The summed E-state index contributed by atoms with van der Waals surface area (Å²) in [6.45, 7) is 4.41. The Morgan fingerprint density at radius 2 is 2.30 bits per heavy atom. The lowest BCUT2D eigenvalue weighted by Gasteiger charge is -2.29. The molecule has 1 saturated heterocycles. The van der Waals surface area contributed by atoms with Gasteiger partial charge in [0.25, 0.3) is 0 Å². The Kier molecular flexibility index (Phi) is 3.42. The molecule has 0 unspecified atom stereocenters. The number of aliphatic imine (C=N–C) groups is 1. The lowest BCUT2D eigenvalue weighted by molar-refractivity contribution is -0.152. The molecule has 3 rings (SSSR count). The number of carbonyl (C=O) groups is 1. The van der Waals surface area contributed by atoms with Crippen molar-refractivity contribution in [3.63, 3.8) is 0 Å². The number of ether oxygens (including phenoxy) is 1. The first kappa shape index (κ1) is 13.4. The van der Waals surface area contributed by atoms with Crippen molar-refractivity contribution in [3.8, 4) is 0 Å². The van der Waals surface area contributed by atoms with E-state index in [9.17, 15) is 4.79 Å². The molecule has 0 saturated carbocycles. The molecule has 2 aliphatic heterocycles. The van der Waals surface area contributed by atoms with Gasteiger partial charge in [-0.2, -0.15) is 0 Å². The quantitative estimate of drug-likeness (QED) is 0.786. The SMILES string of the molecule is CC(C)OC(=O)[C@H]1CCC2=Nc3ccc(Cl)cc3CN21. The van der Waals surface area contributed by atoms with E-state index >= 15 is 0 Å². The minimum absolute atomic E-state index is 0.0880. The number of hydrogen-bond donors (Lipinski definition) is 0. The van der Waals surface area contributed by atoms with E-state index in [1.165, 1.54) is 0 Å². The monoisotopic (exact) mass is 292 g/mol. The summed E-state index contributed by atoms with van der Waals surface area (Å²) >= 11 is 6.03. The number of nitrogens with zero attached hydrogens (tertiary/aromatic N) is 2. The average Bonchev–Trinajstić information content (AvgIpc) is 2.78. The third kappa shape index (κ3) is 2.40. The van der Waals surface area contributed by atoms with E-state index in [-0.39, 0.29) is 18.1 Å². The zero-order valence-electron chi connectivity index (χ0n) is 11.6. The first-order valence-electron chi connectivity index (χ1n) is 6.87. The Labute approximate surface area is 123 Å². The van der Waals surface area contributed by atoms with Crippen LogP contribution in [0.15, 0.2) is 23.2 Å². The summed E-state index contributed by atoms with van der Waals surface area (Å²) in [6.07, 6.45) is 1.50. The van der Waals surface area contributed by atoms with Crippen molar-refractivity contribution in [1.29, 1.82) is 0 Å². The van der Waals surface area contributed by atoms with Gasteiger partial charge in [0.2, 0.25) is 0 Å². The molecule has 2 heterocycles. The highest BCUT2D eigenvalue weighted by atomic mass is 35.5. The van der Waals surface area contributed by atoms with Crippen LogP contribution in [-0.2, 0) is 16.1 Å². The number of halogens is 1. The van der Waals surface area contributed by atoms with Crippen molar-refractivity contribution in [2.24, 2.45) is 4.99 Å².